The molecule has 0 bridgehead atoms. The number of hydrogen-bond donors (Lipinski definition) is 1. The van der Waals surface area contributed by atoms with Gasteiger partial charge in [0.2, 0.25) is 0 Å². The topological polar surface area (TPSA) is 80.4 Å². The molecule has 0 saturated heterocycles. The van der Waals surface area contributed by atoms with Crippen LogP contribution in [0, 0.1) is 6.92 Å². The lowest BCUT2D eigenvalue weighted by molar-refractivity contribution is 0.0954. The third-order valence-electron chi connectivity index (χ3n) is 4.14. The number of amides is 1. The van der Waals surface area contributed by atoms with Crippen molar-refractivity contribution in [3.8, 4) is 0 Å². The highest BCUT2D eigenvalue weighted by Gasteiger charge is 2.12. The third-order valence-corrected chi connectivity index (χ3v) is 4.14. The molecule has 0 aliphatic rings. The zero-order chi connectivity index (χ0) is 18.6. The maximum atomic E-state index is 12.6. The molecule has 2 aromatic heterocycles. The number of rotatable bonds is 4. The van der Waals surface area contributed by atoms with Crippen LogP contribution in [0.5, 0.6) is 0 Å². The van der Waals surface area contributed by atoms with E-state index in [-0.39, 0.29) is 5.91 Å². The number of benzene rings is 2. The summed E-state index contributed by atoms with van der Waals surface area (Å²) in [5.41, 5.74) is 6.61. The van der Waals surface area contributed by atoms with Crippen molar-refractivity contribution < 1.29 is 9.32 Å². The van der Waals surface area contributed by atoms with Crippen LogP contribution in [-0.2, 0) is 0 Å². The lowest BCUT2D eigenvalue weighted by atomic mass is 10.0. The Hall–Kier alpha value is -3.80. The van der Waals surface area contributed by atoms with Crippen LogP contribution in [0.2, 0.25) is 0 Å². The van der Waals surface area contributed by atoms with E-state index in [0.717, 1.165) is 11.1 Å². The zero-order valence-electron chi connectivity index (χ0n) is 14.6. The summed E-state index contributed by atoms with van der Waals surface area (Å²) in [5.74, 6) is -0.352. The van der Waals surface area contributed by atoms with Crippen LogP contribution < -0.4 is 5.43 Å². The number of aromatic nitrogens is 2. The largest absolute Gasteiger partial charge is 0.336 e. The molecule has 1 amide bonds. The molecule has 0 atom stereocenters. The first-order valence-electron chi connectivity index (χ1n) is 8.43. The van der Waals surface area contributed by atoms with Crippen LogP contribution in [0.4, 0.5) is 0 Å². The number of nitrogens with zero attached hydrogens (tertiary/aromatic N) is 3. The molecule has 0 aliphatic carbocycles. The Morgan fingerprint density at radius 1 is 0.963 bits per heavy atom. The Morgan fingerprint density at radius 2 is 1.59 bits per heavy atom. The van der Waals surface area contributed by atoms with Gasteiger partial charge < -0.3 is 4.52 Å². The highest BCUT2D eigenvalue weighted by molar-refractivity contribution is 6.13. The molecule has 6 nitrogen and oxygen atoms in total. The van der Waals surface area contributed by atoms with Gasteiger partial charge in [0.05, 0.1) is 22.4 Å². The van der Waals surface area contributed by atoms with Crippen LogP contribution in [0.25, 0.3) is 11.1 Å². The van der Waals surface area contributed by atoms with Gasteiger partial charge in [-0.15, -0.1) is 0 Å². The summed E-state index contributed by atoms with van der Waals surface area (Å²) in [6.07, 6.45) is 1.45. The second-order valence-corrected chi connectivity index (χ2v) is 5.98. The van der Waals surface area contributed by atoms with E-state index in [0.29, 0.717) is 28.1 Å². The van der Waals surface area contributed by atoms with E-state index in [1.54, 1.807) is 13.0 Å². The van der Waals surface area contributed by atoms with Crippen molar-refractivity contribution in [2.45, 2.75) is 6.92 Å². The fourth-order valence-corrected chi connectivity index (χ4v) is 2.73. The molecule has 4 aromatic rings. The maximum absolute atomic E-state index is 12.6. The average Bonchev–Trinajstić information content (AvgIpc) is 3.10. The van der Waals surface area contributed by atoms with Gasteiger partial charge in [0.1, 0.15) is 0 Å². The first-order valence-corrected chi connectivity index (χ1v) is 8.43. The zero-order valence-corrected chi connectivity index (χ0v) is 14.6. The second-order valence-electron chi connectivity index (χ2n) is 5.98. The minimum absolute atomic E-state index is 0.352. The predicted molar refractivity (Wildman–Crippen MR) is 103 cm³/mol. The van der Waals surface area contributed by atoms with E-state index in [1.807, 2.05) is 60.7 Å². The van der Waals surface area contributed by atoms with E-state index < -0.39 is 0 Å². The molecule has 2 heterocycles. The molecule has 6 heteroatoms. The van der Waals surface area contributed by atoms with E-state index in [1.165, 1.54) is 6.20 Å². The van der Waals surface area contributed by atoms with Gasteiger partial charge in [-0.05, 0) is 13.0 Å². The Balaban J connectivity index is 1.66. The van der Waals surface area contributed by atoms with E-state index in [4.69, 9.17) is 4.52 Å². The third kappa shape index (κ3) is 3.46. The summed E-state index contributed by atoms with van der Waals surface area (Å²) in [5, 5.41) is 8.94. The number of carbonyl (C=O) groups is 1. The number of pyridine rings is 1. The molecular formula is C21H16N4O2. The van der Waals surface area contributed by atoms with Crippen LogP contribution in [0.15, 0.2) is 82.6 Å². The van der Waals surface area contributed by atoms with Gasteiger partial charge in [0, 0.05) is 17.3 Å². The molecule has 27 heavy (non-hydrogen) atoms. The molecule has 132 valence electrons. The standard InChI is InChI=1S/C21H16N4O2/c1-14-18-12-17(13-22-21(18)27-25-14)20(26)24-23-19(15-8-4-2-5-9-15)16-10-6-3-7-11-16/h2-13H,1H3,(H,24,26). The molecule has 0 fully saturated rings. The number of aryl methyl sites for hydroxylation is 1. The lowest BCUT2D eigenvalue weighted by Crippen LogP contribution is -2.20. The molecule has 1 N–H and O–H groups in total. The Bertz CT molecular complexity index is 1080. The number of hydrogen-bond acceptors (Lipinski definition) is 5. The van der Waals surface area contributed by atoms with Crippen LogP contribution in [-0.4, -0.2) is 21.8 Å². The molecule has 2 aromatic carbocycles. The number of hydrazone groups is 1. The summed E-state index contributed by atoms with van der Waals surface area (Å²) >= 11 is 0. The van der Waals surface area contributed by atoms with Crippen molar-refractivity contribution in [1.29, 1.82) is 0 Å². The normalized spacial score (nSPS) is 10.6. The Labute approximate surface area is 155 Å². The minimum atomic E-state index is -0.352. The van der Waals surface area contributed by atoms with Crippen LogP contribution in [0.1, 0.15) is 27.2 Å². The van der Waals surface area contributed by atoms with Crippen molar-refractivity contribution in [3.05, 3.63) is 95.3 Å². The number of carbonyl (C=O) groups excluding carboxylic acids is 1. The van der Waals surface area contributed by atoms with Crippen molar-refractivity contribution >= 4 is 22.7 Å². The summed E-state index contributed by atoms with van der Waals surface area (Å²) in [4.78, 5) is 16.7. The van der Waals surface area contributed by atoms with E-state index in [2.05, 4.69) is 20.7 Å². The van der Waals surface area contributed by atoms with Gasteiger partial charge in [0.15, 0.2) is 0 Å². The van der Waals surface area contributed by atoms with Gasteiger partial charge in [0.25, 0.3) is 11.6 Å². The predicted octanol–water partition coefficient (Wildman–Crippen LogP) is 3.71. The molecule has 0 aliphatic heterocycles. The van der Waals surface area contributed by atoms with Crippen molar-refractivity contribution in [2.75, 3.05) is 0 Å². The summed E-state index contributed by atoms with van der Waals surface area (Å²) < 4.78 is 5.08. The summed E-state index contributed by atoms with van der Waals surface area (Å²) in [6.45, 7) is 1.80. The highest BCUT2D eigenvalue weighted by Crippen LogP contribution is 2.17. The molecular weight excluding hydrogens is 340 g/mol. The number of nitrogens with one attached hydrogen (secondary N) is 1. The first kappa shape index (κ1) is 16.7. The molecule has 0 spiro atoms. The van der Waals surface area contributed by atoms with Crippen molar-refractivity contribution in [2.24, 2.45) is 5.10 Å². The molecule has 0 saturated carbocycles. The fraction of sp³-hybridized carbons (Fsp3) is 0.0476. The maximum Gasteiger partial charge on any atom is 0.272 e. The highest BCUT2D eigenvalue weighted by atomic mass is 16.5. The number of fused-ring (bicyclic) bond motifs is 1. The van der Waals surface area contributed by atoms with Gasteiger partial charge >= 0.3 is 0 Å². The molecule has 0 radical (unpaired) electrons. The van der Waals surface area contributed by atoms with E-state index >= 15 is 0 Å². The van der Waals surface area contributed by atoms with Crippen LogP contribution >= 0.6 is 0 Å². The summed E-state index contributed by atoms with van der Waals surface area (Å²) in [6, 6.07) is 21.1. The van der Waals surface area contributed by atoms with Crippen molar-refractivity contribution in [1.82, 2.24) is 15.6 Å². The first-order chi connectivity index (χ1) is 13.2. The average molecular weight is 356 g/mol. The van der Waals surface area contributed by atoms with Crippen molar-refractivity contribution in [3.63, 3.8) is 0 Å². The van der Waals surface area contributed by atoms with E-state index in [9.17, 15) is 4.79 Å². The fourth-order valence-electron chi connectivity index (χ4n) is 2.73. The lowest BCUT2D eigenvalue weighted by Gasteiger charge is -2.08. The Kier molecular flexibility index (Phi) is 4.45. The smallest absolute Gasteiger partial charge is 0.272 e. The SMILES string of the molecule is Cc1noc2ncc(C(=O)NN=C(c3ccccc3)c3ccccc3)cc12. The summed E-state index contributed by atoms with van der Waals surface area (Å²) in [7, 11) is 0. The minimum Gasteiger partial charge on any atom is -0.336 e. The molecule has 4 rings (SSSR count). The quantitative estimate of drug-likeness (QED) is 0.446. The Morgan fingerprint density at radius 3 is 2.22 bits per heavy atom. The van der Waals surface area contributed by atoms with Gasteiger partial charge in [-0.2, -0.15) is 5.10 Å². The monoisotopic (exact) mass is 356 g/mol. The van der Waals surface area contributed by atoms with Gasteiger partial charge in [-0.1, -0.05) is 65.8 Å². The second kappa shape index (κ2) is 7.21. The molecule has 0 unspecified atom stereocenters. The van der Waals surface area contributed by atoms with Gasteiger partial charge in [-0.3, -0.25) is 4.79 Å². The van der Waals surface area contributed by atoms with Crippen LogP contribution in [0.3, 0.4) is 0 Å². The van der Waals surface area contributed by atoms with Gasteiger partial charge in [-0.25, -0.2) is 10.4 Å².